The maximum Gasteiger partial charge on any atom is 0.306 e. The number of hydrogen-bond donors (Lipinski definition) is 0. The zero-order chi connectivity index (χ0) is 12.8. The van der Waals surface area contributed by atoms with E-state index in [0.717, 1.165) is 13.1 Å². The van der Waals surface area contributed by atoms with Gasteiger partial charge in [-0.15, -0.1) is 0 Å². The van der Waals surface area contributed by atoms with Crippen LogP contribution in [0.2, 0.25) is 0 Å². The van der Waals surface area contributed by atoms with Gasteiger partial charge < -0.3 is 9.64 Å². The molecule has 1 heterocycles. The third kappa shape index (κ3) is 4.75. The smallest absolute Gasteiger partial charge is 0.306 e. The molecule has 0 bridgehead atoms. The van der Waals surface area contributed by atoms with Gasteiger partial charge in [0.15, 0.2) is 0 Å². The SMILES string of the molecule is CCOC(=O)CCC(=O)N1CC(C)CC(C)C1. The Morgan fingerprint density at radius 3 is 2.29 bits per heavy atom. The number of rotatable bonds is 4. The molecule has 4 nitrogen and oxygen atoms in total. The van der Waals surface area contributed by atoms with Crippen molar-refractivity contribution in [1.82, 2.24) is 4.90 Å². The van der Waals surface area contributed by atoms with Crippen LogP contribution in [0.1, 0.15) is 40.0 Å². The number of hydrogen-bond acceptors (Lipinski definition) is 3. The topological polar surface area (TPSA) is 46.6 Å². The lowest BCUT2D eigenvalue weighted by atomic mass is 9.91. The first kappa shape index (κ1) is 14.0. The second kappa shape index (κ2) is 6.62. The largest absolute Gasteiger partial charge is 0.466 e. The van der Waals surface area contributed by atoms with Crippen molar-refractivity contribution >= 4 is 11.9 Å². The predicted octanol–water partition coefficient (Wildman–Crippen LogP) is 1.83. The van der Waals surface area contributed by atoms with E-state index in [1.807, 2.05) is 4.90 Å². The van der Waals surface area contributed by atoms with Crippen LogP contribution in [-0.4, -0.2) is 36.5 Å². The van der Waals surface area contributed by atoms with Gasteiger partial charge in [0, 0.05) is 19.5 Å². The number of ether oxygens (including phenoxy) is 1. The molecule has 0 saturated carbocycles. The van der Waals surface area contributed by atoms with E-state index in [9.17, 15) is 9.59 Å². The van der Waals surface area contributed by atoms with Crippen LogP contribution >= 0.6 is 0 Å². The highest BCUT2D eigenvalue weighted by Gasteiger charge is 2.25. The molecule has 1 aliphatic rings. The van der Waals surface area contributed by atoms with Crippen LogP contribution in [0.15, 0.2) is 0 Å². The monoisotopic (exact) mass is 241 g/mol. The molecule has 0 aromatic heterocycles. The summed E-state index contributed by atoms with van der Waals surface area (Å²) in [6.07, 6.45) is 1.66. The lowest BCUT2D eigenvalue weighted by Gasteiger charge is -2.35. The van der Waals surface area contributed by atoms with E-state index in [4.69, 9.17) is 4.74 Å². The molecule has 4 heteroatoms. The van der Waals surface area contributed by atoms with Gasteiger partial charge in [-0.05, 0) is 25.2 Å². The van der Waals surface area contributed by atoms with Crippen molar-refractivity contribution < 1.29 is 14.3 Å². The molecule has 1 fully saturated rings. The fourth-order valence-electron chi connectivity index (χ4n) is 2.47. The minimum absolute atomic E-state index is 0.0800. The number of nitrogens with zero attached hydrogens (tertiary/aromatic N) is 1. The average molecular weight is 241 g/mol. The minimum atomic E-state index is -0.279. The van der Waals surface area contributed by atoms with E-state index in [1.54, 1.807) is 6.92 Å². The van der Waals surface area contributed by atoms with Gasteiger partial charge in [-0.25, -0.2) is 0 Å². The van der Waals surface area contributed by atoms with Crippen molar-refractivity contribution in [3.8, 4) is 0 Å². The Morgan fingerprint density at radius 2 is 1.76 bits per heavy atom. The summed E-state index contributed by atoms with van der Waals surface area (Å²) >= 11 is 0. The maximum atomic E-state index is 11.9. The lowest BCUT2D eigenvalue weighted by Crippen LogP contribution is -2.42. The number of esters is 1. The van der Waals surface area contributed by atoms with Gasteiger partial charge in [-0.2, -0.15) is 0 Å². The molecular formula is C13H23NO3. The Bertz CT molecular complexity index is 268. The Labute approximate surface area is 103 Å². The van der Waals surface area contributed by atoms with Gasteiger partial charge in [0.2, 0.25) is 5.91 Å². The fourth-order valence-corrected chi connectivity index (χ4v) is 2.47. The third-order valence-corrected chi connectivity index (χ3v) is 3.07. The van der Waals surface area contributed by atoms with Crippen molar-refractivity contribution in [2.24, 2.45) is 11.8 Å². The predicted molar refractivity (Wildman–Crippen MR) is 65.4 cm³/mol. The molecule has 1 saturated heterocycles. The highest BCUT2D eigenvalue weighted by Crippen LogP contribution is 2.21. The summed E-state index contributed by atoms with van der Waals surface area (Å²) in [6, 6.07) is 0. The van der Waals surface area contributed by atoms with Crippen LogP contribution < -0.4 is 0 Å². The summed E-state index contributed by atoms with van der Waals surface area (Å²) < 4.78 is 4.81. The number of likely N-dealkylation sites (tertiary alicyclic amines) is 1. The Balaban J connectivity index is 2.34. The summed E-state index contributed by atoms with van der Waals surface area (Å²) in [6.45, 7) is 8.14. The van der Waals surface area contributed by atoms with Gasteiger partial charge in [-0.1, -0.05) is 13.8 Å². The van der Waals surface area contributed by atoms with Crippen LogP contribution in [0.5, 0.6) is 0 Å². The van der Waals surface area contributed by atoms with Gasteiger partial charge in [-0.3, -0.25) is 9.59 Å². The fraction of sp³-hybridized carbons (Fsp3) is 0.846. The first-order chi connectivity index (χ1) is 8.02. The molecule has 0 N–H and O–H groups in total. The minimum Gasteiger partial charge on any atom is -0.466 e. The van der Waals surface area contributed by atoms with Crippen molar-refractivity contribution in [3.63, 3.8) is 0 Å². The summed E-state index contributed by atoms with van der Waals surface area (Å²) in [4.78, 5) is 25.0. The standard InChI is InChI=1S/C13H23NO3/c1-4-17-13(16)6-5-12(15)14-8-10(2)7-11(3)9-14/h10-11H,4-9H2,1-3H3. The van der Waals surface area contributed by atoms with Gasteiger partial charge in [0.05, 0.1) is 13.0 Å². The molecular weight excluding hydrogens is 218 g/mol. The molecule has 0 aromatic rings. The van der Waals surface area contributed by atoms with E-state index >= 15 is 0 Å². The zero-order valence-corrected chi connectivity index (χ0v) is 11.1. The van der Waals surface area contributed by atoms with Gasteiger partial charge in [0.1, 0.15) is 0 Å². The Kier molecular flexibility index (Phi) is 5.45. The van der Waals surface area contributed by atoms with Crippen LogP contribution in [0.4, 0.5) is 0 Å². The average Bonchev–Trinajstić information content (AvgIpc) is 2.25. The summed E-state index contributed by atoms with van der Waals surface area (Å²) in [7, 11) is 0. The Hall–Kier alpha value is -1.06. The van der Waals surface area contributed by atoms with Gasteiger partial charge >= 0.3 is 5.97 Å². The molecule has 2 unspecified atom stereocenters. The number of carbonyl (C=O) groups is 2. The third-order valence-electron chi connectivity index (χ3n) is 3.07. The van der Waals surface area contributed by atoms with Crippen molar-refractivity contribution in [2.45, 2.75) is 40.0 Å². The van der Waals surface area contributed by atoms with Crippen LogP contribution in [-0.2, 0) is 14.3 Å². The molecule has 1 amide bonds. The molecule has 0 aromatic carbocycles. The van der Waals surface area contributed by atoms with E-state index in [-0.39, 0.29) is 24.7 Å². The number of carbonyl (C=O) groups excluding carboxylic acids is 2. The second-order valence-electron chi connectivity index (χ2n) is 5.05. The van der Waals surface area contributed by atoms with Crippen LogP contribution in [0.25, 0.3) is 0 Å². The van der Waals surface area contributed by atoms with Crippen LogP contribution in [0.3, 0.4) is 0 Å². The van der Waals surface area contributed by atoms with E-state index in [2.05, 4.69) is 13.8 Å². The van der Waals surface area contributed by atoms with Crippen molar-refractivity contribution in [3.05, 3.63) is 0 Å². The first-order valence-corrected chi connectivity index (χ1v) is 6.46. The molecule has 17 heavy (non-hydrogen) atoms. The first-order valence-electron chi connectivity index (χ1n) is 6.46. The molecule has 0 radical (unpaired) electrons. The van der Waals surface area contributed by atoms with Crippen LogP contribution in [0, 0.1) is 11.8 Å². The van der Waals surface area contributed by atoms with Crippen molar-refractivity contribution in [2.75, 3.05) is 19.7 Å². The Morgan fingerprint density at radius 1 is 1.18 bits per heavy atom. The van der Waals surface area contributed by atoms with Gasteiger partial charge in [0.25, 0.3) is 0 Å². The van der Waals surface area contributed by atoms with Crippen molar-refractivity contribution in [1.29, 1.82) is 0 Å². The highest BCUT2D eigenvalue weighted by molar-refractivity contribution is 5.81. The normalized spacial score (nSPS) is 24.5. The summed E-state index contributed by atoms with van der Waals surface area (Å²) in [5.41, 5.74) is 0. The van der Waals surface area contributed by atoms with E-state index in [0.29, 0.717) is 18.4 Å². The zero-order valence-electron chi connectivity index (χ0n) is 11.1. The second-order valence-corrected chi connectivity index (χ2v) is 5.05. The molecule has 1 aliphatic heterocycles. The molecule has 0 spiro atoms. The van der Waals surface area contributed by atoms with E-state index < -0.39 is 0 Å². The highest BCUT2D eigenvalue weighted by atomic mass is 16.5. The number of piperidine rings is 1. The summed E-state index contributed by atoms with van der Waals surface area (Å²) in [5, 5.41) is 0. The molecule has 2 atom stereocenters. The number of amides is 1. The molecule has 98 valence electrons. The maximum absolute atomic E-state index is 11.9. The van der Waals surface area contributed by atoms with E-state index in [1.165, 1.54) is 6.42 Å². The lowest BCUT2D eigenvalue weighted by molar-refractivity contribution is -0.146. The molecule has 1 rings (SSSR count). The quantitative estimate of drug-likeness (QED) is 0.705. The summed E-state index contributed by atoms with van der Waals surface area (Å²) in [5.74, 6) is 0.922. The molecule has 0 aliphatic carbocycles.